The fourth-order valence-corrected chi connectivity index (χ4v) is 3.27. The molecule has 1 aliphatic rings. The molecule has 0 radical (unpaired) electrons. The number of aliphatic hydroxyl groups is 1. The standard InChI is InChI=1S/C16H24N4O/c1-16(2,3)11-4-5-12(9-21)20(8-11)15-13-6-7-17-14(13)18-10-19-15/h6-7,10-12,21H,4-5,8-9H2,1-3H3,(H,17,18,19)/t11-,12-/m1/s1. The smallest absolute Gasteiger partial charge is 0.142 e. The van der Waals surface area contributed by atoms with Crippen molar-refractivity contribution in [2.24, 2.45) is 11.3 Å². The van der Waals surface area contributed by atoms with Gasteiger partial charge >= 0.3 is 0 Å². The van der Waals surface area contributed by atoms with Crippen molar-refractivity contribution >= 4 is 16.9 Å². The molecule has 5 heteroatoms. The van der Waals surface area contributed by atoms with Gasteiger partial charge in [0.1, 0.15) is 17.8 Å². The van der Waals surface area contributed by atoms with Crippen LogP contribution in [0.2, 0.25) is 0 Å². The number of nitrogens with one attached hydrogen (secondary N) is 1. The van der Waals surface area contributed by atoms with Crippen molar-refractivity contribution in [2.75, 3.05) is 18.1 Å². The number of aromatic amines is 1. The average molecular weight is 288 g/mol. The number of anilines is 1. The van der Waals surface area contributed by atoms with Crippen LogP contribution in [0, 0.1) is 11.3 Å². The van der Waals surface area contributed by atoms with E-state index in [2.05, 4.69) is 40.6 Å². The first-order chi connectivity index (χ1) is 10.0. The number of aromatic nitrogens is 3. The van der Waals surface area contributed by atoms with E-state index >= 15 is 0 Å². The lowest BCUT2D eigenvalue weighted by Gasteiger charge is -2.44. The topological polar surface area (TPSA) is 65.0 Å². The third-order valence-electron chi connectivity index (χ3n) is 4.75. The largest absolute Gasteiger partial charge is 0.394 e. The molecule has 3 heterocycles. The Bertz CT molecular complexity index is 616. The van der Waals surface area contributed by atoms with Gasteiger partial charge in [0.25, 0.3) is 0 Å². The predicted molar refractivity (Wildman–Crippen MR) is 84.3 cm³/mol. The van der Waals surface area contributed by atoms with E-state index in [0.29, 0.717) is 5.92 Å². The molecular formula is C16H24N4O. The summed E-state index contributed by atoms with van der Waals surface area (Å²) in [6.07, 6.45) is 5.66. The minimum absolute atomic E-state index is 0.150. The number of nitrogens with zero attached hydrogens (tertiary/aromatic N) is 3. The van der Waals surface area contributed by atoms with E-state index in [1.807, 2.05) is 12.3 Å². The Labute approximate surface area is 125 Å². The number of hydrogen-bond acceptors (Lipinski definition) is 4. The zero-order chi connectivity index (χ0) is 15.0. The molecule has 5 nitrogen and oxygen atoms in total. The summed E-state index contributed by atoms with van der Waals surface area (Å²) in [5.74, 6) is 1.54. The zero-order valence-electron chi connectivity index (χ0n) is 13.0. The molecule has 114 valence electrons. The van der Waals surface area contributed by atoms with Crippen LogP contribution in [0.15, 0.2) is 18.6 Å². The molecule has 1 aliphatic heterocycles. The second kappa shape index (κ2) is 5.30. The minimum Gasteiger partial charge on any atom is -0.394 e. The summed E-state index contributed by atoms with van der Waals surface area (Å²) in [5.41, 5.74) is 1.12. The second-order valence-corrected chi connectivity index (χ2v) is 7.07. The second-order valence-electron chi connectivity index (χ2n) is 7.07. The highest BCUT2D eigenvalue weighted by Gasteiger charge is 2.35. The van der Waals surface area contributed by atoms with Crippen LogP contribution in [-0.2, 0) is 0 Å². The van der Waals surface area contributed by atoms with Gasteiger partial charge in [-0.2, -0.15) is 0 Å². The van der Waals surface area contributed by atoms with Gasteiger partial charge in [0.05, 0.1) is 18.0 Å². The molecule has 3 rings (SSSR count). The number of rotatable bonds is 2. The Kier molecular flexibility index (Phi) is 3.61. The summed E-state index contributed by atoms with van der Waals surface area (Å²) in [5, 5.41) is 10.8. The number of piperidine rings is 1. The molecule has 21 heavy (non-hydrogen) atoms. The fraction of sp³-hybridized carbons (Fsp3) is 0.625. The van der Waals surface area contributed by atoms with Crippen molar-refractivity contribution < 1.29 is 5.11 Å². The molecule has 1 fully saturated rings. The van der Waals surface area contributed by atoms with Crippen molar-refractivity contribution in [3.05, 3.63) is 18.6 Å². The third kappa shape index (κ3) is 2.62. The highest BCUT2D eigenvalue weighted by Crippen LogP contribution is 2.38. The van der Waals surface area contributed by atoms with Crippen LogP contribution in [0.5, 0.6) is 0 Å². The Morgan fingerprint density at radius 1 is 1.33 bits per heavy atom. The fourth-order valence-electron chi connectivity index (χ4n) is 3.27. The zero-order valence-corrected chi connectivity index (χ0v) is 13.0. The van der Waals surface area contributed by atoms with E-state index in [-0.39, 0.29) is 18.1 Å². The van der Waals surface area contributed by atoms with Crippen LogP contribution < -0.4 is 4.90 Å². The normalized spacial score (nSPS) is 23.7. The summed E-state index contributed by atoms with van der Waals surface area (Å²) in [4.78, 5) is 14.2. The van der Waals surface area contributed by atoms with Gasteiger partial charge in [-0.05, 0) is 30.2 Å². The summed E-state index contributed by atoms with van der Waals surface area (Å²) < 4.78 is 0. The molecule has 2 aromatic heterocycles. The molecule has 0 aliphatic carbocycles. The van der Waals surface area contributed by atoms with Crippen molar-refractivity contribution in [3.63, 3.8) is 0 Å². The molecule has 0 bridgehead atoms. The van der Waals surface area contributed by atoms with Crippen LogP contribution >= 0.6 is 0 Å². The Balaban J connectivity index is 1.98. The average Bonchev–Trinajstić information content (AvgIpc) is 2.94. The highest BCUT2D eigenvalue weighted by molar-refractivity contribution is 5.87. The molecule has 0 unspecified atom stereocenters. The number of H-pyrrole nitrogens is 1. The van der Waals surface area contributed by atoms with E-state index in [1.54, 1.807) is 6.33 Å². The van der Waals surface area contributed by atoms with E-state index in [4.69, 9.17) is 0 Å². The summed E-state index contributed by atoms with van der Waals surface area (Å²) in [6.45, 7) is 7.99. The summed E-state index contributed by atoms with van der Waals surface area (Å²) in [6, 6.07) is 2.16. The quantitative estimate of drug-likeness (QED) is 0.891. The predicted octanol–water partition coefficient (Wildman–Crippen LogP) is 2.58. The van der Waals surface area contributed by atoms with E-state index in [0.717, 1.165) is 36.2 Å². The van der Waals surface area contributed by atoms with Crippen molar-refractivity contribution in [1.82, 2.24) is 15.0 Å². The van der Waals surface area contributed by atoms with Gasteiger partial charge in [-0.3, -0.25) is 0 Å². The molecule has 0 spiro atoms. The monoisotopic (exact) mass is 288 g/mol. The number of hydrogen-bond donors (Lipinski definition) is 2. The van der Waals surface area contributed by atoms with Gasteiger partial charge in [0.2, 0.25) is 0 Å². The van der Waals surface area contributed by atoms with Crippen LogP contribution in [0.1, 0.15) is 33.6 Å². The molecule has 0 aromatic carbocycles. The van der Waals surface area contributed by atoms with Crippen LogP contribution in [0.25, 0.3) is 11.0 Å². The molecule has 0 saturated carbocycles. The van der Waals surface area contributed by atoms with Crippen molar-refractivity contribution in [3.8, 4) is 0 Å². The van der Waals surface area contributed by atoms with Crippen molar-refractivity contribution in [2.45, 2.75) is 39.7 Å². The maximum Gasteiger partial charge on any atom is 0.142 e. The van der Waals surface area contributed by atoms with E-state index in [1.165, 1.54) is 0 Å². The first kappa shape index (κ1) is 14.3. The Morgan fingerprint density at radius 3 is 2.86 bits per heavy atom. The molecule has 0 amide bonds. The Morgan fingerprint density at radius 2 is 2.14 bits per heavy atom. The van der Waals surface area contributed by atoms with E-state index in [9.17, 15) is 5.11 Å². The van der Waals surface area contributed by atoms with Crippen LogP contribution in [0.4, 0.5) is 5.82 Å². The molecule has 2 aromatic rings. The maximum atomic E-state index is 9.74. The lowest BCUT2D eigenvalue weighted by molar-refractivity contribution is 0.162. The van der Waals surface area contributed by atoms with Crippen molar-refractivity contribution in [1.29, 1.82) is 0 Å². The molecular weight excluding hydrogens is 264 g/mol. The Hall–Kier alpha value is -1.62. The maximum absolute atomic E-state index is 9.74. The van der Waals surface area contributed by atoms with Gasteiger partial charge < -0.3 is 15.0 Å². The molecule has 2 atom stereocenters. The molecule has 2 N–H and O–H groups in total. The first-order valence-corrected chi connectivity index (χ1v) is 7.66. The summed E-state index contributed by atoms with van der Waals surface area (Å²) >= 11 is 0. The van der Waals surface area contributed by atoms with Gasteiger partial charge in [-0.15, -0.1) is 0 Å². The van der Waals surface area contributed by atoms with Gasteiger partial charge in [-0.1, -0.05) is 20.8 Å². The van der Waals surface area contributed by atoms with E-state index < -0.39 is 0 Å². The van der Waals surface area contributed by atoms with Gasteiger partial charge in [0, 0.05) is 12.7 Å². The minimum atomic E-state index is 0.150. The number of fused-ring (bicyclic) bond motifs is 1. The lowest BCUT2D eigenvalue weighted by Crippen LogP contribution is -2.48. The van der Waals surface area contributed by atoms with Gasteiger partial charge in [0.15, 0.2) is 0 Å². The van der Waals surface area contributed by atoms with Crippen LogP contribution in [-0.4, -0.2) is 39.3 Å². The third-order valence-corrected chi connectivity index (χ3v) is 4.75. The highest BCUT2D eigenvalue weighted by atomic mass is 16.3. The molecule has 1 saturated heterocycles. The lowest BCUT2D eigenvalue weighted by atomic mass is 9.75. The SMILES string of the molecule is CC(C)(C)[C@@H]1CC[C@H](CO)N(c2ncnc3[nH]ccc23)C1. The van der Waals surface area contributed by atoms with Crippen LogP contribution in [0.3, 0.4) is 0 Å². The number of aliphatic hydroxyl groups excluding tert-OH is 1. The van der Waals surface area contributed by atoms with Gasteiger partial charge in [-0.25, -0.2) is 9.97 Å². The first-order valence-electron chi connectivity index (χ1n) is 7.66. The summed E-state index contributed by atoms with van der Waals surface area (Å²) in [7, 11) is 0.